The van der Waals surface area contributed by atoms with Crippen LogP contribution in [0.25, 0.3) is 22.5 Å². The second kappa shape index (κ2) is 10.6. The average molecular weight is 524 g/mol. The van der Waals surface area contributed by atoms with Crippen molar-refractivity contribution in [3.8, 4) is 22.5 Å². The quantitative estimate of drug-likeness (QED) is 0.355. The molecule has 12 heteroatoms. The lowest BCUT2D eigenvalue weighted by Crippen LogP contribution is -2.33. The fourth-order valence-electron chi connectivity index (χ4n) is 4.60. The zero-order valence-corrected chi connectivity index (χ0v) is 20.5. The van der Waals surface area contributed by atoms with Gasteiger partial charge in [-0.25, -0.2) is 9.97 Å². The number of hydrogen-bond acceptors (Lipinski definition) is 8. The summed E-state index contributed by atoms with van der Waals surface area (Å²) in [5.74, 6) is -1.19. The highest BCUT2D eigenvalue weighted by atomic mass is 19.4. The largest absolute Gasteiger partial charge is 0.468 e. The Morgan fingerprint density at radius 2 is 1.76 bits per heavy atom. The molecule has 0 aliphatic heterocycles. The Morgan fingerprint density at radius 3 is 2.45 bits per heavy atom. The van der Waals surface area contributed by atoms with Crippen molar-refractivity contribution >= 4 is 11.8 Å². The Kier molecular flexibility index (Phi) is 7.03. The zero-order valence-electron chi connectivity index (χ0n) is 20.5. The van der Waals surface area contributed by atoms with E-state index in [2.05, 4.69) is 30.6 Å². The Balaban J connectivity index is 1.49. The molecule has 0 atom stereocenters. The predicted octanol–water partition coefficient (Wildman–Crippen LogP) is 4.40. The van der Waals surface area contributed by atoms with Gasteiger partial charge in [0, 0.05) is 23.4 Å². The number of esters is 1. The van der Waals surface area contributed by atoms with Gasteiger partial charge in [-0.2, -0.15) is 18.4 Å². The second-order valence-electron chi connectivity index (χ2n) is 8.91. The predicted molar refractivity (Wildman–Crippen MR) is 132 cm³/mol. The van der Waals surface area contributed by atoms with Gasteiger partial charge in [0.1, 0.15) is 12.4 Å². The van der Waals surface area contributed by atoms with Crippen LogP contribution in [0.1, 0.15) is 35.5 Å². The molecule has 2 heterocycles. The lowest BCUT2D eigenvalue weighted by atomic mass is 9.95. The molecule has 1 aliphatic rings. The normalized spacial score (nSPS) is 13.2. The third-order valence-corrected chi connectivity index (χ3v) is 6.41. The van der Waals surface area contributed by atoms with E-state index >= 15 is 0 Å². The molecular formula is C26H24F3N7O2. The monoisotopic (exact) mass is 523 g/mol. The topological polar surface area (TPSA) is 110 Å². The molecule has 0 amide bonds. The van der Waals surface area contributed by atoms with Gasteiger partial charge in [0.05, 0.1) is 7.11 Å². The number of nitrogens with one attached hydrogen (secondary N) is 1. The Bertz CT molecular complexity index is 1420. The lowest BCUT2D eigenvalue weighted by molar-refractivity contribution is -0.145. The number of aryl methyl sites for hydroxylation is 1. The number of benzene rings is 2. The number of methoxy groups -OCH3 is 1. The Hall–Kier alpha value is -4.35. The summed E-state index contributed by atoms with van der Waals surface area (Å²) in [4.78, 5) is 21.5. The first-order valence-electron chi connectivity index (χ1n) is 12.0. The highest BCUT2D eigenvalue weighted by molar-refractivity contribution is 5.80. The third-order valence-electron chi connectivity index (χ3n) is 6.41. The summed E-state index contributed by atoms with van der Waals surface area (Å²) >= 11 is 0. The number of alkyl halides is 3. The van der Waals surface area contributed by atoms with Crippen molar-refractivity contribution in [3.05, 3.63) is 71.2 Å². The molecule has 5 rings (SSSR count). The summed E-state index contributed by atoms with van der Waals surface area (Å²) < 4.78 is 45.8. The first-order chi connectivity index (χ1) is 18.3. The number of anilines is 1. The van der Waals surface area contributed by atoms with Crippen LogP contribution in [-0.2, 0) is 35.1 Å². The van der Waals surface area contributed by atoms with Crippen LogP contribution in [0.5, 0.6) is 0 Å². The van der Waals surface area contributed by atoms with Gasteiger partial charge in [-0.15, -0.1) is 10.2 Å². The van der Waals surface area contributed by atoms with Crippen LogP contribution in [0.2, 0.25) is 0 Å². The van der Waals surface area contributed by atoms with Crippen LogP contribution < -0.4 is 4.90 Å². The van der Waals surface area contributed by atoms with E-state index in [-0.39, 0.29) is 18.9 Å². The van der Waals surface area contributed by atoms with E-state index < -0.39 is 18.0 Å². The number of halogens is 3. The second-order valence-corrected chi connectivity index (χ2v) is 8.91. The van der Waals surface area contributed by atoms with E-state index in [1.165, 1.54) is 12.0 Å². The van der Waals surface area contributed by atoms with Crippen LogP contribution in [-0.4, -0.2) is 50.2 Å². The molecule has 4 aromatic rings. The first kappa shape index (κ1) is 25.3. The summed E-state index contributed by atoms with van der Waals surface area (Å²) in [6.45, 7) is -0.0950. The number of aromatic nitrogens is 6. The van der Waals surface area contributed by atoms with Gasteiger partial charge >= 0.3 is 12.1 Å². The summed E-state index contributed by atoms with van der Waals surface area (Å²) in [5, 5.41) is 14.2. The Morgan fingerprint density at radius 1 is 1.03 bits per heavy atom. The summed E-state index contributed by atoms with van der Waals surface area (Å²) in [6, 6.07) is 15.2. The van der Waals surface area contributed by atoms with Gasteiger partial charge in [0.15, 0.2) is 0 Å². The fraction of sp³-hybridized carbons (Fsp3) is 0.308. The van der Waals surface area contributed by atoms with Gasteiger partial charge in [0.2, 0.25) is 11.6 Å². The van der Waals surface area contributed by atoms with Gasteiger partial charge in [-0.05, 0) is 47.6 Å². The zero-order chi connectivity index (χ0) is 26.7. The van der Waals surface area contributed by atoms with Gasteiger partial charge in [0.25, 0.3) is 0 Å². The maximum Gasteiger partial charge on any atom is 0.451 e. The number of nitrogens with zero attached hydrogens (tertiary/aromatic N) is 6. The summed E-state index contributed by atoms with van der Waals surface area (Å²) in [7, 11) is 1.24. The van der Waals surface area contributed by atoms with Crippen molar-refractivity contribution in [2.75, 3.05) is 18.6 Å². The minimum absolute atomic E-state index is 0.124. The van der Waals surface area contributed by atoms with E-state index in [1.54, 1.807) is 0 Å². The van der Waals surface area contributed by atoms with E-state index in [4.69, 9.17) is 4.74 Å². The Labute approximate surface area is 216 Å². The first-order valence-corrected chi connectivity index (χ1v) is 12.0. The van der Waals surface area contributed by atoms with Crippen LogP contribution in [0.3, 0.4) is 0 Å². The van der Waals surface area contributed by atoms with Crippen LogP contribution >= 0.6 is 0 Å². The molecule has 1 aliphatic carbocycles. The van der Waals surface area contributed by atoms with Gasteiger partial charge in [-0.1, -0.05) is 48.5 Å². The van der Waals surface area contributed by atoms with E-state index in [0.29, 0.717) is 29.9 Å². The molecule has 0 bridgehead atoms. The number of rotatable bonds is 7. The minimum Gasteiger partial charge on any atom is -0.468 e. The fourth-order valence-corrected chi connectivity index (χ4v) is 4.60. The molecule has 0 fully saturated rings. The molecule has 9 nitrogen and oxygen atoms in total. The number of ether oxygens (including phenoxy) is 1. The van der Waals surface area contributed by atoms with Gasteiger partial charge in [-0.3, -0.25) is 4.79 Å². The third kappa shape index (κ3) is 5.34. The number of carbonyl (C=O) groups excluding carboxylic acids is 1. The van der Waals surface area contributed by atoms with E-state index in [0.717, 1.165) is 35.1 Å². The molecule has 0 saturated heterocycles. The highest BCUT2D eigenvalue weighted by Crippen LogP contribution is 2.35. The maximum absolute atomic E-state index is 13.6. The number of fused-ring (bicyclic) bond motifs is 1. The molecule has 1 N–H and O–H groups in total. The molecule has 0 saturated carbocycles. The molecule has 0 unspecified atom stereocenters. The molecule has 38 heavy (non-hydrogen) atoms. The minimum atomic E-state index is -4.70. The van der Waals surface area contributed by atoms with Gasteiger partial charge < -0.3 is 9.64 Å². The number of tetrazole rings is 1. The molecule has 2 aromatic heterocycles. The molecule has 0 radical (unpaired) electrons. The van der Waals surface area contributed by atoms with Crippen molar-refractivity contribution in [1.82, 2.24) is 30.6 Å². The van der Waals surface area contributed by atoms with Crippen LogP contribution in [0.4, 0.5) is 19.0 Å². The van der Waals surface area contributed by atoms with Crippen molar-refractivity contribution in [2.45, 2.75) is 38.4 Å². The summed E-state index contributed by atoms with van der Waals surface area (Å²) in [6.07, 6.45) is -2.15. The molecule has 2 aromatic carbocycles. The van der Waals surface area contributed by atoms with E-state index in [1.807, 2.05) is 48.5 Å². The van der Waals surface area contributed by atoms with E-state index in [9.17, 15) is 18.0 Å². The SMILES string of the molecule is COC(=O)CN(Cc1ccc(-c2ccccc2-c2nn[nH]n2)cc1)c1nc(C(F)(F)F)nc2c1CCCC2. The lowest BCUT2D eigenvalue weighted by Gasteiger charge is -2.28. The molecule has 196 valence electrons. The van der Waals surface area contributed by atoms with Crippen molar-refractivity contribution in [2.24, 2.45) is 0 Å². The molecule has 0 spiro atoms. The number of carbonyl (C=O) groups is 1. The smallest absolute Gasteiger partial charge is 0.451 e. The molecular weight excluding hydrogens is 499 g/mol. The standard InChI is InChI=1S/C26H24F3N7O2/c1-38-22(37)15-36(24-20-8-4-5-9-21(20)30-25(31-24)26(27,28)29)14-16-10-12-17(13-11-16)18-6-2-3-7-19(18)23-32-34-35-33-23/h2-3,6-7,10-13H,4-5,8-9,14-15H2,1H3,(H,32,33,34,35). The van der Waals surface area contributed by atoms with Crippen molar-refractivity contribution in [1.29, 1.82) is 0 Å². The number of aromatic amines is 1. The van der Waals surface area contributed by atoms with Crippen LogP contribution in [0.15, 0.2) is 48.5 Å². The highest BCUT2D eigenvalue weighted by Gasteiger charge is 2.37. The number of H-pyrrole nitrogens is 1. The van der Waals surface area contributed by atoms with Crippen LogP contribution in [0, 0.1) is 0 Å². The van der Waals surface area contributed by atoms with Crippen molar-refractivity contribution in [3.63, 3.8) is 0 Å². The number of hydrogen-bond donors (Lipinski definition) is 1. The van der Waals surface area contributed by atoms with Crippen molar-refractivity contribution < 1.29 is 22.7 Å². The maximum atomic E-state index is 13.6. The average Bonchev–Trinajstić information content (AvgIpc) is 3.47. The summed E-state index contributed by atoms with van der Waals surface area (Å²) in [5.41, 5.74) is 4.41.